The minimum absolute atomic E-state index is 0.0500. The van der Waals surface area contributed by atoms with Crippen LogP contribution in [0.3, 0.4) is 0 Å². The predicted octanol–water partition coefficient (Wildman–Crippen LogP) is 2.39. The summed E-state index contributed by atoms with van der Waals surface area (Å²) in [6.45, 7) is 1.87. The van der Waals surface area contributed by atoms with E-state index in [4.69, 9.17) is 4.74 Å². The van der Waals surface area contributed by atoms with Crippen LogP contribution < -0.4 is 4.74 Å². The van der Waals surface area contributed by atoms with E-state index in [-0.39, 0.29) is 11.3 Å². The van der Waals surface area contributed by atoms with Crippen molar-refractivity contribution >= 4 is 15.9 Å². The van der Waals surface area contributed by atoms with E-state index in [1.54, 1.807) is 36.4 Å². The van der Waals surface area contributed by atoms with E-state index in [1.165, 1.54) is 26.3 Å². The molecule has 0 N–H and O–H groups in total. The maximum absolute atomic E-state index is 12.5. The highest BCUT2D eigenvalue weighted by atomic mass is 32.2. The van der Waals surface area contributed by atoms with Crippen molar-refractivity contribution in [2.75, 3.05) is 14.2 Å². The zero-order chi connectivity index (χ0) is 17.0. The van der Waals surface area contributed by atoms with Crippen LogP contribution in [0, 0.1) is 6.92 Å². The molecule has 0 heterocycles. The van der Waals surface area contributed by atoms with E-state index in [0.717, 1.165) is 9.87 Å². The Bertz CT molecular complexity index is 798. The van der Waals surface area contributed by atoms with Gasteiger partial charge in [0.2, 0.25) is 5.91 Å². The van der Waals surface area contributed by atoms with Crippen LogP contribution in [0.25, 0.3) is 0 Å². The van der Waals surface area contributed by atoms with Crippen LogP contribution in [0.1, 0.15) is 11.1 Å². The highest BCUT2D eigenvalue weighted by molar-refractivity contribution is 7.89. The third-order valence-corrected chi connectivity index (χ3v) is 5.36. The lowest BCUT2D eigenvalue weighted by molar-refractivity contribution is -0.124. The Morgan fingerprint density at radius 2 is 1.70 bits per heavy atom. The molecule has 0 aliphatic carbocycles. The van der Waals surface area contributed by atoms with Gasteiger partial charge < -0.3 is 4.74 Å². The zero-order valence-corrected chi connectivity index (χ0v) is 14.1. The van der Waals surface area contributed by atoms with Crippen molar-refractivity contribution in [2.24, 2.45) is 0 Å². The Balaban J connectivity index is 2.23. The van der Waals surface area contributed by atoms with Crippen molar-refractivity contribution in [3.05, 3.63) is 59.7 Å². The number of sulfonamides is 1. The summed E-state index contributed by atoms with van der Waals surface area (Å²) in [4.78, 5) is 12.5. The largest absolute Gasteiger partial charge is 0.496 e. The maximum Gasteiger partial charge on any atom is 0.266 e. The molecule has 0 atom stereocenters. The van der Waals surface area contributed by atoms with Gasteiger partial charge in [0.15, 0.2) is 0 Å². The van der Waals surface area contributed by atoms with E-state index in [1.807, 2.05) is 6.92 Å². The lowest BCUT2D eigenvalue weighted by Crippen LogP contribution is -2.34. The summed E-state index contributed by atoms with van der Waals surface area (Å²) in [6, 6.07) is 13.4. The summed E-state index contributed by atoms with van der Waals surface area (Å²) in [5.74, 6) is 0.0389. The Hall–Kier alpha value is -2.34. The number of hydrogen-bond donors (Lipinski definition) is 0. The number of ether oxygens (including phenoxy) is 1. The van der Waals surface area contributed by atoms with E-state index >= 15 is 0 Å². The van der Waals surface area contributed by atoms with Crippen LogP contribution in [0.15, 0.2) is 53.4 Å². The third-order valence-electron chi connectivity index (χ3n) is 3.56. The summed E-state index contributed by atoms with van der Waals surface area (Å²) in [7, 11) is -1.07. The average molecular weight is 333 g/mol. The number of carbonyl (C=O) groups excluding carboxylic acids is 1. The quantitative estimate of drug-likeness (QED) is 0.843. The van der Waals surface area contributed by atoms with Crippen LogP contribution in [0.4, 0.5) is 0 Å². The van der Waals surface area contributed by atoms with E-state index < -0.39 is 15.9 Å². The van der Waals surface area contributed by atoms with Crippen LogP contribution in [0.5, 0.6) is 5.75 Å². The van der Waals surface area contributed by atoms with Crippen LogP contribution in [0.2, 0.25) is 0 Å². The summed E-state index contributed by atoms with van der Waals surface area (Å²) in [5.41, 5.74) is 1.60. The maximum atomic E-state index is 12.5. The Morgan fingerprint density at radius 1 is 1.09 bits per heavy atom. The van der Waals surface area contributed by atoms with Crippen molar-refractivity contribution in [1.82, 2.24) is 4.31 Å². The standard InChI is InChI=1S/C17H19NO4S/c1-13-8-10-15(11-9-13)23(20,21)18(2)17(19)12-14-6-4-5-7-16(14)22-3/h4-11H,12H2,1-3H3. The molecule has 1 amide bonds. The van der Waals surface area contributed by atoms with Crippen LogP contribution >= 0.6 is 0 Å². The Labute approximate surface area is 136 Å². The van der Waals surface area contributed by atoms with Crippen molar-refractivity contribution in [3.8, 4) is 5.75 Å². The van der Waals surface area contributed by atoms with Gasteiger partial charge >= 0.3 is 0 Å². The molecular weight excluding hydrogens is 314 g/mol. The zero-order valence-electron chi connectivity index (χ0n) is 13.3. The summed E-state index contributed by atoms with van der Waals surface area (Å²) < 4.78 is 31.0. The molecule has 5 nitrogen and oxygen atoms in total. The van der Waals surface area contributed by atoms with Gasteiger partial charge in [-0.1, -0.05) is 35.9 Å². The van der Waals surface area contributed by atoms with Crippen LogP contribution in [-0.2, 0) is 21.2 Å². The molecule has 0 spiro atoms. The number of benzene rings is 2. The number of rotatable bonds is 5. The van der Waals surface area contributed by atoms with Gasteiger partial charge in [-0.3, -0.25) is 4.79 Å². The molecule has 0 unspecified atom stereocenters. The molecule has 0 fully saturated rings. The number of carbonyl (C=O) groups is 1. The summed E-state index contributed by atoms with van der Waals surface area (Å²) in [5, 5.41) is 0. The molecule has 0 aliphatic rings. The number of nitrogens with zero attached hydrogens (tertiary/aromatic N) is 1. The number of aryl methyl sites for hydroxylation is 1. The summed E-state index contributed by atoms with van der Waals surface area (Å²) in [6.07, 6.45) is -0.0500. The fourth-order valence-electron chi connectivity index (χ4n) is 2.13. The second kappa shape index (κ2) is 6.83. The van der Waals surface area contributed by atoms with Gasteiger partial charge in [0.05, 0.1) is 18.4 Å². The lowest BCUT2D eigenvalue weighted by atomic mass is 10.1. The average Bonchev–Trinajstić information content (AvgIpc) is 2.55. The van der Waals surface area contributed by atoms with Crippen molar-refractivity contribution in [3.63, 3.8) is 0 Å². The van der Waals surface area contributed by atoms with E-state index in [2.05, 4.69) is 0 Å². The normalized spacial score (nSPS) is 11.1. The topological polar surface area (TPSA) is 63.7 Å². The van der Waals surface area contributed by atoms with Gasteiger partial charge in [0, 0.05) is 12.6 Å². The molecule has 6 heteroatoms. The number of likely N-dealkylation sites (N-methyl/N-ethyl adjacent to an activating group) is 1. The second-order valence-electron chi connectivity index (χ2n) is 5.17. The second-order valence-corrected chi connectivity index (χ2v) is 7.14. The minimum Gasteiger partial charge on any atom is -0.496 e. The molecule has 2 rings (SSSR count). The molecule has 0 aromatic heterocycles. The fourth-order valence-corrected chi connectivity index (χ4v) is 3.25. The Kier molecular flexibility index (Phi) is 5.05. The first-order chi connectivity index (χ1) is 10.9. The smallest absolute Gasteiger partial charge is 0.266 e. The first kappa shape index (κ1) is 17.0. The van der Waals surface area contributed by atoms with Gasteiger partial charge in [-0.25, -0.2) is 12.7 Å². The SMILES string of the molecule is COc1ccccc1CC(=O)N(C)S(=O)(=O)c1ccc(C)cc1. The predicted molar refractivity (Wildman–Crippen MR) is 87.8 cm³/mol. The van der Waals surface area contributed by atoms with Crippen LogP contribution in [-0.4, -0.2) is 32.8 Å². The third kappa shape index (κ3) is 3.71. The molecule has 0 radical (unpaired) electrons. The van der Waals surface area contributed by atoms with Crippen molar-refractivity contribution in [1.29, 1.82) is 0 Å². The molecule has 0 saturated heterocycles. The van der Waals surface area contributed by atoms with Gasteiger partial charge in [0.25, 0.3) is 10.0 Å². The van der Waals surface area contributed by atoms with Gasteiger partial charge in [-0.15, -0.1) is 0 Å². The molecule has 2 aromatic carbocycles. The molecule has 2 aromatic rings. The fraction of sp³-hybridized carbons (Fsp3) is 0.235. The number of amides is 1. The molecular formula is C17H19NO4S. The Morgan fingerprint density at radius 3 is 2.30 bits per heavy atom. The van der Waals surface area contributed by atoms with Gasteiger partial charge in [-0.05, 0) is 25.1 Å². The number of para-hydroxylation sites is 1. The first-order valence-electron chi connectivity index (χ1n) is 7.06. The van der Waals surface area contributed by atoms with Gasteiger partial charge in [-0.2, -0.15) is 0 Å². The van der Waals surface area contributed by atoms with Crippen molar-refractivity contribution < 1.29 is 17.9 Å². The highest BCUT2D eigenvalue weighted by Crippen LogP contribution is 2.20. The molecule has 0 aliphatic heterocycles. The lowest BCUT2D eigenvalue weighted by Gasteiger charge is -2.18. The highest BCUT2D eigenvalue weighted by Gasteiger charge is 2.25. The number of methoxy groups -OCH3 is 1. The molecule has 122 valence electrons. The molecule has 0 saturated carbocycles. The number of hydrogen-bond acceptors (Lipinski definition) is 4. The molecule has 0 bridgehead atoms. The van der Waals surface area contributed by atoms with Crippen molar-refractivity contribution in [2.45, 2.75) is 18.2 Å². The summed E-state index contributed by atoms with van der Waals surface area (Å²) >= 11 is 0. The first-order valence-corrected chi connectivity index (χ1v) is 8.50. The van der Waals surface area contributed by atoms with Gasteiger partial charge in [0.1, 0.15) is 5.75 Å². The monoisotopic (exact) mass is 333 g/mol. The van der Waals surface area contributed by atoms with E-state index in [9.17, 15) is 13.2 Å². The minimum atomic E-state index is -3.85. The van der Waals surface area contributed by atoms with E-state index in [0.29, 0.717) is 11.3 Å². The molecule has 23 heavy (non-hydrogen) atoms.